The molecule has 0 bridgehead atoms. The van der Waals surface area contributed by atoms with E-state index in [1.54, 1.807) is 29.2 Å². The van der Waals surface area contributed by atoms with E-state index in [2.05, 4.69) is 51.5 Å². The maximum Gasteiger partial charge on any atom is 0.0791 e. The summed E-state index contributed by atoms with van der Waals surface area (Å²) in [4.78, 5) is 7.52. The molecule has 0 aliphatic carbocycles. The van der Waals surface area contributed by atoms with Crippen molar-refractivity contribution in [2.45, 2.75) is 55.4 Å². The number of aliphatic imine (C=N–C) groups is 1. The highest BCUT2D eigenvalue weighted by molar-refractivity contribution is 7.07. The maximum atomic E-state index is 3.78. The molecule has 1 aliphatic rings. The maximum absolute atomic E-state index is 3.78. The van der Waals surface area contributed by atoms with Crippen LogP contribution in [-0.2, 0) is 0 Å². The van der Waals surface area contributed by atoms with Crippen molar-refractivity contribution in [1.82, 2.24) is 4.98 Å². The summed E-state index contributed by atoms with van der Waals surface area (Å²) in [6.45, 7) is 13.0. The number of aromatic nitrogens is 1. The third kappa shape index (κ3) is 47.2. The Labute approximate surface area is 124 Å². The second-order valence-corrected chi connectivity index (χ2v) is 5.85. The Morgan fingerprint density at radius 1 is 1.00 bits per heavy atom. The lowest BCUT2D eigenvalue weighted by Crippen LogP contribution is -1.66. The predicted octanol–water partition coefficient (Wildman–Crippen LogP) is 6.08. The SMILES string of the molecule is C.C1=CN=CC1.CC(C)C.CC(C)C.c1cscn1. The van der Waals surface area contributed by atoms with Gasteiger partial charge in [0.1, 0.15) is 0 Å². The normalized spacial score (nSPS) is 10.5. The minimum absolute atomic E-state index is 0. The van der Waals surface area contributed by atoms with Crippen LogP contribution in [-0.4, -0.2) is 11.2 Å². The van der Waals surface area contributed by atoms with Crippen LogP contribution < -0.4 is 0 Å². The largest absolute Gasteiger partial charge is 0.269 e. The van der Waals surface area contributed by atoms with E-state index in [1.807, 2.05) is 17.7 Å². The van der Waals surface area contributed by atoms with Crippen LogP contribution >= 0.6 is 11.3 Å². The van der Waals surface area contributed by atoms with E-state index in [4.69, 9.17) is 0 Å². The van der Waals surface area contributed by atoms with Crippen molar-refractivity contribution in [2.75, 3.05) is 0 Å². The molecule has 0 atom stereocenters. The first-order valence-corrected chi connectivity index (χ1v) is 7.39. The van der Waals surface area contributed by atoms with Crippen LogP contribution in [0.15, 0.2) is 34.4 Å². The van der Waals surface area contributed by atoms with E-state index in [0.717, 1.165) is 18.3 Å². The predicted molar refractivity (Wildman–Crippen MR) is 92.1 cm³/mol. The Bertz CT molecular complexity index is 236. The fraction of sp³-hybridized carbons (Fsp3) is 0.625. The Hall–Kier alpha value is -0.960. The van der Waals surface area contributed by atoms with E-state index < -0.39 is 0 Å². The number of hydrogen-bond acceptors (Lipinski definition) is 3. The van der Waals surface area contributed by atoms with E-state index >= 15 is 0 Å². The van der Waals surface area contributed by atoms with Gasteiger partial charge in [-0.15, -0.1) is 11.3 Å². The first-order valence-electron chi connectivity index (χ1n) is 6.45. The van der Waals surface area contributed by atoms with Crippen LogP contribution in [0, 0.1) is 11.8 Å². The van der Waals surface area contributed by atoms with Gasteiger partial charge < -0.3 is 0 Å². The summed E-state index contributed by atoms with van der Waals surface area (Å²) in [6.07, 6.45) is 8.49. The Balaban J connectivity index is -0.000000178. The van der Waals surface area contributed by atoms with Crippen LogP contribution in [0.25, 0.3) is 0 Å². The van der Waals surface area contributed by atoms with Crippen molar-refractivity contribution >= 4 is 17.6 Å². The minimum atomic E-state index is 0. The van der Waals surface area contributed by atoms with Crippen LogP contribution in [0.1, 0.15) is 55.4 Å². The van der Waals surface area contributed by atoms with Crippen molar-refractivity contribution in [3.8, 4) is 0 Å². The van der Waals surface area contributed by atoms with Gasteiger partial charge in [-0.1, -0.05) is 55.0 Å². The standard InChI is InChI=1S/C4H5N.2C4H10.C3H3NS.CH4/c1-2-4-5-3-1;2*1-4(2)3;1-2-5-3-4-1;/h1,3-4H,2H2;2*4H,1-3H3;1-3H;1H4. The topological polar surface area (TPSA) is 25.2 Å². The molecule has 1 aromatic heterocycles. The fourth-order valence-electron chi connectivity index (χ4n) is 0.480. The number of allylic oxidation sites excluding steroid dienone is 1. The van der Waals surface area contributed by atoms with E-state index in [-0.39, 0.29) is 7.43 Å². The number of rotatable bonds is 0. The van der Waals surface area contributed by atoms with Gasteiger partial charge in [0.2, 0.25) is 0 Å². The van der Waals surface area contributed by atoms with Crippen LogP contribution in [0.4, 0.5) is 0 Å². The molecule has 0 N–H and O–H groups in total. The highest BCUT2D eigenvalue weighted by Crippen LogP contribution is 1.86. The molecule has 0 spiro atoms. The Kier molecular flexibility index (Phi) is 23.6. The lowest BCUT2D eigenvalue weighted by molar-refractivity contribution is 0.736. The zero-order valence-electron chi connectivity index (χ0n) is 12.6. The minimum Gasteiger partial charge on any atom is -0.269 e. The van der Waals surface area contributed by atoms with Gasteiger partial charge in [0.25, 0.3) is 0 Å². The fourth-order valence-corrected chi connectivity index (χ4v) is 0.831. The zero-order chi connectivity index (χ0) is 14.2. The molecule has 3 heteroatoms. The summed E-state index contributed by atoms with van der Waals surface area (Å²) in [5.41, 5.74) is 1.79. The molecule has 2 heterocycles. The highest BCUT2D eigenvalue weighted by Gasteiger charge is 1.73. The first-order chi connectivity index (χ1) is 8.46. The van der Waals surface area contributed by atoms with Crippen LogP contribution in [0.3, 0.4) is 0 Å². The summed E-state index contributed by atoms with van der Waals surface area (Å²) in [5, 5.41) is 1.93. The lowest BCUT2D eigenvalue weighted by atomic mass is 10.3. The van der Waals surface area contributed by atoms with Crippen molar-refractivity contribution < 1.29 is 0 Å². The molecular weight excluding hydrogens is 252 g/mol. The lowest BCUT2D eigenvalue weighted by Gasteiger charge is -1.79. The molecule has 0 unspecified atom stereocenters. The number of thiazole rings is 1. The van der Waals surface area contributed by atoms with Gasteiger partial charge in [0, 0.05) is 30.4 Å². The molecule has 19 heavy (non-hydrogen) atoms. The zero-order valence-corrected chi connectivity index (χ0v) is 13.4. The molecule has 0 saturated heterocycles. The van der Waals surface area contributed by atoms with Gasteiger partial charge in [0.05, 0.1) is 5.51 Å². The number of hydrogen-bond donors (Lipinski definition) is 0. The smallest absolute Gasteiger partial charge is 0.0791 e. The van der Waals surface area contributed by atoms with Gasteiger partial charge >= 0.3 is 0 Å². The van der Waals surface area contributed by atoms with Gasteiger partial charge in [0.15, 0.2) is 0 Å². The first kappa shape index (κ1) is 23.2. The molecule has 0 aromatic carbocycles. The Morgan fingerprint density at radius 3 is 1.63 bits per heavy atom. The molecule has 2 rings (SSSR count). The molecule has 0 amide bonds. The summed E-state index contributed by atoms with van der Waals surface area (Å²) in [7, 11) is 0. The molecule has 1 aromatic rings. The van der Waals surface area contributed by atoms with E-state index in [0.29, 0.717) is 0 Å². The average Bonchev–Trinajstić information content (AvgIpc) is 2.96. The third-order valence-corrected chi connectivity index (χ3v) is 1.41. The monoisotopic (exact) mass is 284 g/mol. The van der Waals surface area contributed by atoms with Crippen LogP contribution in [0.2, 0.25) is 0 Å². The number of nitrogens with zero attached hydrogens (tertiary/aromatic N) is 2. The summed E-state index contributed by atoms with van der Waals surface area (Å²) < 4.78 is 0. The van der Waals surface area contributed by atoms with Crippen molar-refractivity contribution in [3.63, 3.8) is 0 Å². The van der Waals surface area contributed by atoms with E-state index in [9.17, 15) is 0 Å². The third-order valence-electron chi connectivity index (χ3n) is 0.886. The van der Waals surface area contributed by atoms with Gasteiger partial charge in [-0.25, -0.2) is 0 Å². The van der Waals surface area contributed by atoms with Gasteiger partial charge in [-0.3, -0.25) is 9.98 Å². The summed E-state index contributed by atoms with van der Waals surface area (Å²) >= 11 is 1.60. The Morgan fingerprint density at radius 2 is 1.53 bits per heavy atom. The molecular formula is C16H32N2S. The van der Waals surface area contributed by atoms with Crippen LogP contribution in [0.5, 0.6) is 0 Å². The molecule has 112 valence electrons. The second kappa shape index (κ2) is 19.4. The summed E-state index contributed by atoms with van der Waals surface area (Å²) in [6, 6.07) is 0. The van der Waals surface area contributed by atoms with Gasteiger partial charge in [-0.05, 0) is 11.8 Å². The van der Waals surface area contributed by atoms with Gasteiger partial charge in [-0.2, -0.15) is 0 Å². The highest BCUT2D eigenvalue weighted by atomic mass is 32.1. The van der Waals surface area contributed by atoms with E-state index in [1.165, 1.54) is 0 Å². The molecule has 2 nitrogen and oxygen atoms in total. The molecule has 1 aliphatic heterocycles. The molecule has 0 radical (unpaired) electrons. The summed E-state index contributed by atoms with van der Waals surface area (Å²) in [5.74, 6) is 1.67. The van der Waals surface area contributed by atoms with Crippen molar-refractivity contribution in [1.29, 1.82) is 0 Å². The van der Waals surface area contributed by atoms with Crippen molar-refractivity contribution in [3.05, 3.63) is 29.4 Å². The quantitative estimate of drug-likeness (QED) is 0.567. The molecule has 0 fully saturated rings. The second-order valence-electron chi connectivity index (χ2n) is 5.09. The average molecular weight is 285 g/mol. The molecule has 0 saturated carbocycles. The van der Waals surface area contributed by atoms with Crippen molar-refractivity contribution in [2.24, 2.45) is 16.8 Å².